The molecule has 0 saturated heterocycles. The average molecular weight is 579 g/mol. The number of rotatable bonds is 4. The molecule has 0 aliphatic carbocycles. The summed E-state index contributed by atoms with van der Waals surface area (Å²) in [5.41, 5.74) is 1.58. The first kappa shape index (κ1) is 27.9. The Bertz CT molecular complexity index is 1360. The molecule has 1 heterocycles. The normalized spacial score (nSPS) is 19.5. The first-order valence-corrected chi connectivity index (χ1v) is 13.8. The van der Waals surface area contributed by atoms with Gasteiger partial charge in [-0.1, -0.05) is 90.9 Å². The second kappa shape index (κ2) is 9.88. The topological polar surface area (TPSA) is 75.6 Å². The van der Waals surface area contributed by atoms with Crippen LogP contribution in [0.2, 0.25) is 0 Å². The SMILES string of the molecule is CC[C@]1(NC(=O)c2ccccc2Br)C(=O)Oc2ccccc2[C@@H]1c1cc(C(C)(C)C)c(O)c(C(C)(C)C)c1. The molecule has 4 rings (SSSR count). The van der Waals surface area contributed by atoms with Crippen molar-refractivity contribution in [1.82, 2.24) is 5.32 Å². The van der Waals surface area contributed by atoms with Crippen molar-refractivity contribution < 1.29 is 19.4 Å². The van der Waals surface area contributed by atoms with Crippen LogP contribution in [0.15, 0.2) is 65.1 Å². The number of carbonyl (C=O) groups excluding carboxylic acids is 2. The van der Waals surface area contributed by atoms with Crippen LogP contribution in [0.25, 0.3) is 0 Å². The zero-order valence-corrected chi connectivity index (χ0v) is 24.7. The number of benzene rings is 3. The predicted molar refractivity (Wildman–Crippen MR) is 154 cm³/mol. The minimum absolute atomic E-state index is 0.264. The van der Waals surface area contributed by atoms with Gasteiger partial charge in [-0.05, 0) is 68.1 Å². The van der Waals surface area contributed by atoms with Crippen molar-refractivity contribution in [3.05, 3.63) is 93.0 Å². The minimum Gasteiger partial charge on any atom is -0.507 e. The molecular formula is C32H36BrNO4. The van der Waals surface area contributed by atoms with Crippen molar-refractivity contribution in [2.75, 3.05) is 0 Å². The van der Waals surface area contributed by atoms with Crippen LogP contribution in [0, 0.1) is 0 Å². The summed E-state index contributed by atoms with van der Waals surface area (Å²) in [6, 6.07) is 18.6. The third kappa shape index (κ3) is 4.86. The first-order chi connectivity index (χ1) is 17.7. The van der Waals surface area contributed by atoms with E-state index in [2.05, 4.69) is 62.8 Å². The molecule has 2 atom stereocenters. The molecule has 0 fully saturated rings. The van der Waals surface area contributed by atoms with E-state index in [4.69, 9.17) is 4.74 Å². The summed E-state index contributed by atoms with van der Waals surface area (Å²) in [5.74, 6) is -0.679. The number of amides is 1. The quantitative estimate of drug-likeness (QED) is 0.250. The van der Waals surface area contributed by atoms with E-state index >= 15 is 0 Å². The van der Waals surface area contributed by atoms with Crippen LogP contribution in [0.5, 0.6) is 11.5 Å². The van der Waals surface area contributed by atoms with Crippen LogP contribution in [-0.2, 0) is 15.6 Å². The van der Waals surface area contributed by atoms with E-state index in [1.807, 2.05) is 43.3 Å². The Morgan fingerprint density at radius 1 is 0.974 bits per heavy atom. The van der Waals surface area contributed by atoms with Gasteiger partial charge in [-0.25, -0.2) is 4.79 Å². The van der Waals surface area contributed by atoms with Gasteiger partial charge in [-0.3, -0.25) is 4.79 Å². The minimum atomic E-state index is -1.37. The lowest BCUT2D eigenvalue weighted by Crippen LogP contribution is -2.61. The Balaban J connectivity index is 2.02. The maximum Gasteiger partial charge on any atom is 0.338 e. The van der Waals surface area contributed by atoms with Gasteiger partial charge >= 0.3 is 5.97 Å². The molecule has 1 aliphatic rings. The van der Waals surface area contributed by atoms with Gasteiger partial charge in [0.1, 0.15) is 17.0 Å². The van der Waals surface area contributed by atoms with Crippen LogP contribution in [0.1, 0.15) is 93.4 Å². The van der Waals surface area contributed by atoms with E-state index in [9.17, 15) is 14.7 Å². The fraction of sp³-hybridized carbons (Fsp3) is 0.375. The molecule has 38 heavy (non-hydrogen) atoms. The Morgan fingerprint density at radius 2 is 1.53 bits per heavy atom. The van der Waals surface area contributed by atoms with E-state index in [-0.39, 0.29) is 22.5 Å². The van der Waals surface area contributed by atoms with E-state index in [1.54, 1.807) is 24.3 Å². The molecule has 5 nitrogen and oxygen atoms in total. The van der Waals surface area contributed by atoms with Crippen molar-refractivity contribution in [3.63, 3.8) is 0 Å². The van der Waals surface area contributed by atoms with Crippen molar-refractivity contribution in [2.45, 2.75) is 77.2 Å². The Labute approximate surface area is 233 Å². The number of para-hydroxylation sites is 1. The van der Waals surface area contributed by atoms with Crippen molar-refractivity contribution in [3.8, 4) is 11.5 Å². The third-order valence-corrected chi connectivity index (χ3v) is 8.08. The second-order valence-electron chi connectivity index (χ2n) is 12.1. The number of hydrogen-bond acceptors (Lipinski definition) is 4. The van der Waals surface area contributed by atoms with Gasteiger partial charge in [0.2, 0.25) is 0 Å². The molecule has 6 heteroatoms. The molecule has 2 N–H and O–H groups in total. The van der Waals surface area contributed by atoms with Gasteiger partial charge in [0.05, 0.1) is 5.56 Å². The summed E-state index contributed by atoms with van der Waals surface area (Å²) < 4.78 is 6.50. The lowest BCUT2D eigenvalue weighted by atomic mass is 9.68. The molecule has 3 aromatic carbocycles. The second-order valence-corrected chi connectivity index (χ2v) is 12.9. The van der Waals surface area contributed by atoms with Crippen LogP contribution in [-0.4, -0.2) is 22.5 Å². The Morgan fingerprint density at radius 3 is 2.08 bits per heavy atom. The molecule has 0 spiro atoms. The molecule has 1 amide bonds. The number of aromatic hydroxyl groups is 1. The van der Waals surface area contributed by atoms with Crippen molar-refractivity contribution in [2.24, 2.45) is 0 Å². The standard InChI is InChI=1S/C32H36BrNO4/c1-8-32(34-28(36)20-13-9-11-15-24(20)33)26(21-14-10-12-16-25(21)38-29(32)37)19-17-22(30(2,3)4)27(35)23(18-19)31(5,6)7/h9-18,26,35H,8H2,1-7H3,(H,34,36)/t26-,32+/m0/s1. The fourth-order valence-corrected chi connectivity index (χ4v) is 5.76. The summed E-state index contributed by atoms with van der Waals surface area (Å²) in [6.07, 6.45) is 0.303. The number of phenols is 1. The third-order valence-electron chi connectivity index (χ3n) is 7.38. The van der Waals surface area contributed by atoms with Crippen molar-refractivity contribution in [1.29, 1.82) is 0 Å². The molecule has 0 bridgehead atoms. The molecule has 3 aromatic rings. The summed E-state index contributed by atoms with van der Waals surface area (Å²) >= 11 is 3.47. The number of carbonyl (C=O) groups is 2. The van der Waals surface area contributed by atoms with Gasteiger partial charge in [0, 0.05) is 16.0 Å². The zero-order valence-electron chi connectivity index (χ0n) is 23.1. The van der Waals surface area contributed by atoms with Crippen LogP contribution in [0.4, 0.5) is 0 Å². The molecular weight excluding hydrogens is 542 g/mol. The van der Waals surface area contributed by atoms with Crippen LogP contribution >= 0.6 is 15.9 Å². The van der Waals surface area contributed by atoms with E-state index in [0.29, 0.717) is 22.2 Å². The summed E-state index contributed by atoms with van der Waals surface area (Å²) in [4.78, 5) is 27.5. The molecule has 0 radical (unpaired) electrons. The number of fused-ring (bicyclic) bond motifs is 1. The smallest absolute Gasteiger partial charge is 0.338 e. The lowest BCUT2D eigenvalue weighted by Gasteiger charge is -2.43. The number of esters is 1. The summed E-state index contributed by atoms with van der Waals surface area (Å²) in [6.45, 7) is 14.2. The number of halogens is 1. The molecule has 0 saturated carbocycles. The van der Waals surface area contributed by atoms with Gasteiger partial charge in [0.15, 0.2) is 0 Å². The zero-order chi connectivity index (χ0) is 28.0. The number of nitrogens with one attached hydrogen (secondary N) is 1. The van der Waals surface area contributed by atoms with Crippen LogP contribution in [0.3, 0.4) is 0 Å². The van der Waals surface area contributed by atoms with Gasteiger partial charge in [-0.15, -0.1) is 0 Å². The molecule has 0 aromatic heterocycles. The molecule has 200 valence electrons. The van der Waals surface area contributed by atoms with Crippen LogP contribution < -0.4 is 10.1 Å². The highest BCUT2D eigenvalue weighted by Crippen LogP contribution is 2.49. The van der Waals surface area contributed by atoms with E-state index in [1.165, 1.54) is 0 Å². The number of hydrogen-bond donors (Lipinski definition) is 2. The largest absolute Gasteiger partial charge is 0.507 e. The maximum atomic E-state index is 13.9. The highest BCUT2D eigenvalue weighted by molar-refractivity contribution is 9.10. The number of ether oxygens (including phenoxy) is 1. The number of phenolic OH excluding ortho intramolecular Hbond substituents is 1. The fourth-order valence-electron chi connectivity index (χ4n) is 5.29. The summed E-state index contributed by atoms with van der Waals surface area (Å²) in [7, 11) is 0. The Kier molecular flexibility index (Phi) is 7.26. The first-order valence-electron chi connectivity index (χ1n) is 13.0. The Hall–Kier alpha value is -3.12. The molecule has 1 aliphatic heterocycles. The monoisotopic (exact) mass is 577 g/mol. The van der Waals surface area contributed by atoms with E-state index in [0.717, 1.165) is 22.3 Å². The van der Waals surface area contributed by atoms with Gasteiger partial charge in [-0.2, -0.15) is 0 Å². The van der Waals surface area contributed by atoms with Gasteiger partial charge < -0.3 is 15.2 Å². The summed E-state index contributed by atoms with van der Waals surface area (Å²) in [5, 5.41) is 14.5. The highest BCUT2D eigenvalue weighted by atomic mass is 79.9. The predicted octanol–water partition coefficient (Wildman–Crippen LogP) is 7.38. The average Bonchev–Trinajstić information content (AvgIpc) is 2.83. The van der Waals surface area contributed by atoms with Gasteiger partial charge in [0.25, 0.3) is 5.91 Å². The van der Waals surface area contributed by atoms with Crippen molar-refractivity contribution >= 4 is 27.8 Å². The highest BCUT2D eigenvalue weighted by Gasteiger charge is 2.53. The lowest BCUT2D eigenvalue weighted by molar-refractivity contribution is -0.144. The maximum absolute atomic E-state index is 13.9. The van der Waals surface area contributed by atoms with E-state index < -0.39 is 17.4 Å². The molecule has 0 unspecified atom stereocenters.